The van der Waals surface area contributed by atoms with Gasteiger partial charge < -0.3 is 29.4 Å². The Morgan fingerprint density at radius 2 is 2.04 bits per heavy atom. The van der Waals surface area contributed by atoms with Crippen LogP contribution in [0.1, 0.15) is 53.9 Å². The number of carboxylic acid groups (broad SMARTS) is 1. The molecule has 0 saturated carbocycles. The fourth-order valence-electron chi connectivity index (χ4n) is 2.75. The van der Waals surface area contributed by atoms with Crippen LogP contribution >= 0.6 is 0 Å². The lowest BCUT2D eigenvalue weighted by Crippen LogP contribution is -2.52. The molecule has 0 aliphatic carbocycles. The minimum atomic E-state index is -1.02. The molecule has 0 aromatic carbocycles. The molecule has 2 aliphatic rings. The van der Waals surface area contributed by atoms with Gasteiger partial charge in [-0.15, -0.1) is 0 Å². The second-order valence-corrected chi connectivity index (χ2v) is 7.74. The molecular formula is C17H27NO7. The highest BCUT2D eigenvalue weighted by molar-refractivity contribution is 5.72. The zero-order valence-electron chi connectivity index (χ0n) is 15.3. The monoisotopic (exact) mass is 357 g/mol. The van der Waals surface area contributed by atoms with Crippen LogP contribution in [0.15, 0.2) is 12.0 Å². The van der Waals surface area contributed by atoms with E-state index < -0.39 is 35.7 Å². The Kier molecular flexibility index (Phi) is 5.51. The van der Waals surface area contributed by atoms with Crippen molar-refractivity contribution in [1.82, 2.24) is 5.32 Å². The van der Waals surface area contributed by atoms with Crippen molar-refractivity contribution in [2.24, 2.45) is 0 Å². The van der Waals surface area contributed by atoms with E-state index in [0.29, 0.717) is 25.0 Å². The van der Waals surface area contributed by atoms with Gasteiger partial charge in [-0.05, 0) is 33.6 Å². The number of ether oxygens (including phenoxy) is 4. The zero-order chi connectivity index (χ0) is 18.8. The zero-order valence-corrected chi connectivity index (χ0v) is 15.3. The molecule has 2 rings (SSSR count). The Balaban J connectivity index is 2.03. The van der Waals surface area contributed by atoms with Crippen LogP contribution in [0.4, 0.5) is 4.79 Å². The topological polar surface area (TPSA) is 103 Å². The normalized spacial score (nSPS) is 28.4. The van der Waals surface area contributed by atoms with Gasteiger partial charge in [-0.1, -0.05) is 0 Å². The fourth-order valence-corrected chi connectivity index (χ4v) is 2.75. The number of aliphatic carboxylic acids is 1. The Morgan fingerprint density at radius 1 is 1.36 bits per heavy atom. The average Bonchev–Trinajstić information content (AvgIpc) is 2.77. The first-order valence-electron chi connectivity index (χ1n) is 8.39. The standard InChI is InChI=1S/C17H27NO7/c1-16(2,3)25-15(21)18-11-6-7-12(14(19)20)23-13(11)8-10-9-22-17(4,5)24-10/h9,11-13H,6-8H2,1-5H3,(H,18,21)(H,19,20). The van der Waals surface area contributed by atoms with E-state index >= 15 is 0 Å². The van der Waals surface area contributed by atoms with Crippen LogP contribution < -0.4 is 5.32 Å². The van der Waals surface area contributed by atoms with Gasteiger partial charge in [0.05, 0.1) is 12.1 Å². The van der Waals surface area contributed by atoms with Gasteiger partial charge in [-0.25, -0.2) is 9.59 Å². The summed E-state index contributed by atoms with van der Waals surface area (Å²) in [6, 6.07) is -0.376. The van der Waals surface area contributed by atoms with Gasteiger partial charge in [0.2, 0.25) is 5.79 Å². The largest absolute Gasteiger partial charge is 0.479 e. The van der Waals surface area contributed by atoms with Crippen molar-refractivity contribution in [2.75, 3.05) is 0 Å². The van der Waals surface area contributed by atoms with Crippen molar-refractivity contribution in [1.29, 1.82) is 0 Å². The average molecular weight is 357 g/mol. The highest BCUT2D eigenvalue weighted by Crippen LogP contribution is 2.31. The Hall–Kier alpha value is -1.96. The molecule has 0 spiro atoms. The van der Waals surface area contributed by atoms with Gasteiger partial charge in [-0.2, -0.15) is 0 Å². The summed E-state index contributed by atoms with van der Waals surface area (Å²) in [5.41, 5.74) is -0.617. The molecule has 1 fully saturated rings. The van der Waals surface area contributed by atoms with Gasteiger partial charge >= 0.3 is 12.1 Å². The molecule has 25 heavy (non-hydrogen) atoms. The number of rotatable bonds is 4. The summed E-state index contributed by atoms with van der Waals surface area (Å²) in [5.74, 6) is -1.22. The lowest BCUT2D eigenvalue weighted by Gasteiger charge is -2.36. The summed E-state index contributed by atoms with van der Waals surface area (Å²) in [6.07, 6.45) is 0.569. The molecule has 0 bridgehead atoms. The van der Waals surface area contributed by atoms with Crippen molar-refractivity contribution in [2.45, 2.75) is 83.5 Å². The van der Waals surface area contributed by atoms with Crippen LogP contribution in [0, 0.1) is 0 Å². The molecule has 3 unspecified atom stereocenters. The Morgan fingerprint density at radius 3 is 2.56 bits per heavy atom. The molecule has 8 heteroatoms. The number of nitrogens with one attached hydrogen (secondary N) is 1. The van der Waals surface area contributed by atoms with Gasteiger partial charge in [-0.3, -0.25) is 0 Å². The van der Waals surface area contributed by atoms with Crippen molar-refractivity contribution in [3.8, 4) is 0 Å². The first-order valence-corrected chi connectivity index (χ1v) is 8.39. The van der Waals surface area contributed by atoms with Gasteiger partial charge in [0.1, 0.15) is 17.6 Å². The van der Waals surface area contributed by atoms with E-state index in [2.05, 4.69) is 5.32 Å². The van der Waals surface area contributed by atoms with Crippen molar-refractivity contribution in [3.05, 3.63) is 12.0 Å². The van der Waals surface area contributed by atoms with Crippen molar-refractivity contribution < 1.29 is 33.6 Å². The molecule has 3 atom stereocenters. The van der Waals surface area contributed by atoms with E-state index in [1.54, 1.807) is 34.6 Å². The van der Waals surface area contributed by atoms with Gasteiger partial charge in [0.15, 0.2) is 6.10 Å². The summed E-state index contributed by atoms with van der Waals surface area (Å²) in [5, 5.41) is 12.0. The number of carboxylic acids is 1. The summed E-state index contributed by atoms with van der Waals surface area (Å²) < 4.78 is 22.0. The number of carbonyl (C=O) groups is 2. The third kappa shape index (κ3) is 5.81. The van der Waals surface area contributed by atoms with E-state index in [9.17, 15) is 14.7 Å². The number of alkyl carbamates (subject to hydrolysis) is 1. The summed E-state index contributed by atoms with van der Waals surface area (Å²) >= 11 is 0. The minimum absolute atomic E-state index is 0.299. The molecule has 0 radical (unpaired) electrons. The number of hydrogen-bond donors (Lipinski definition) is 2. The SMILES string of the molecule is CC(C)(C)OC(=O)NC1CCC(C(=O)O)OC1CC1=COC(C)(C)O1. The third-order valence-electron chi connectivity index (χ3n) is 3.76. The lowest BCUT2D eigenvalue weighted by atomic mass is 9.96. The van der Waals surface area contributed by atoms with E-state index in [4.69, 9.17) is 18.9 Å². The predicted octanol–water partition coefficient (Wildman–Crippen LogP) is 2.53. The number of amides is 1. The molecular weight excluding hydrogens is 330 g/mol. The maximum Gasteiger partial charge on any atom is 0.407 e. The third-order valence-corrected chi connectivity index (χ3v) is 3.76. The number of carbonyl (C=O) groups excluding carboxylic acids is 1. The highest BCUT2D eigenvalue weighted by Gasteiger charge is 2.39. The number of hydrogen-bond acceptors (Lipinski definition) is 6. The van der Waals surface area contributed by atoms with Crippen molar-refractivity contribution >= 4 is 12.1 Å². The predicted molar refractivity (Wildman–Crippen MR) is 87.6 cm³/mol. The van der Waals surface area contributed by atoms with Crippen LogP contribution in [-0.2, 0) is 23.7 Å². The molecule has 142 valence electrons. The minimum Gasteiger partial charge on any atom is -0.479 e. The lowest BCUT2D eigenvalue weighted by molar-refractivity contribution is -0.163. The quantitative estimate of drug-likeness (QED) is 0.797. The summed E-state index contributed by atoms with van der Waals surface area (Å²) in [7, 11) is 0. The van der Waals surface area contributed by atoms with Crippen LogP contribution in [0.2, 0.25) is 0 Å². The first kappa shape index (κ1) is 19.4. The maximum atomic E-state index is 12.1. The van der Waals surface area contributed by atoms with E-state index in [0.717, 1.165) is 0 Å². The van der Waals surface area contributed by atoms with E-state index in [1.807, 2.05) is 0 Å². The molecule has 0 aromatic rings. The Bertz CT molecular complexity index is 550. The molecule has 2 N–H and O–H groups in total. The van der Waals surface area contributed by atoms with Gasteiger partial charge in [0.25, 0.3) is 0 Å². The van der Waals surface area contributed by atoms with E-state index in [1.165, 1.54) is 6.26 Å². The van der Waals surface area contributed by atoms with E-state index in [-0.39, 0.29) is 6.04 Å². The first-order chi connectivity index (χ1) is 11.5. The molecule has 1 amide bonds. The molecule has 1 saturated heterocycles. The second-order valence-electron chi connectivity index (χ2n) is 7.74. The molecule has 0 aromatic heterocycles. The van der Waals surface area contributed by atoms with Crippen molar-refractivity contribution in [3.63, 3.8) is 0 Å². The van der Waals surface area contributed by atoms with Crippen LogP contribution in [0.3, 0.4) is 0 Å². The Labute approximate surface area is 147 Å². The summed E-state index contributed by atoms with van der Waals surface area (Å²) in [6.45, 7) is 8.87. The van der Waals surface area contributed by atoms with Crippen LogP contribution in [0.25, 0.3) is 0 Å². The smallest absolute Gasteiger partial charge is 0.407 e. The van der Waals surface area contributed by atoms with Crippen LogP contribution in [-0.4, -0.2) is 46.8 Å². The molecule has 2 aliphatic heterocycles. The summed E-state index contributed by atoms with van der Waals surface area (Å²) in [4.78, 5) is 23.3. The molecule has 8 nitrogen and oxygen atoms in total. The van der Waals surface area contributed by atoms with Gasteiger partial charge in [0, 0.05) is 20.3 Å². The highest BCUT2D eigenvalue weighted by atomic mass is 16.7. The fraction of sp³-hybridized carbons (Fsp3) is 0.765. The maximum absolute atomic E-state index is 12.1. The molecule has 2 heterocycles. The van der Waals surface area contributed by atoms with Crippen LogP contribution in [0.5, 0.6) is 0 Å². The second kappa shape index (κ2) is 7.11.